The van der Waals surface area contributed by atoms with Gasteiger partial charge in [-0.1, -0.05) is 0 Å². The van der Waals surface area contributed by atoms with E-state index in [1.54, 1.807) is 0 Å². The molecule has 0 aliphatic rings. The number of carboxylic acids is 1. The lowest BCUT2D eigenvalue weighted by Crippen LogP contribution is -2.02. The zero-order valence-corrected chi connectivity index (χ0v) is 8.29. The number of hydrogen-bond donors (Lipinski definition) is 1. The van der Waals surface area contributed by atoms with Gasteiger partial charge in [0.15, 0.2) is 5.82 Å². The Morgan fingerprint density at radius 1 is 1.35 bits per heavy atom. The van der Waals surface area contributed by atoms with Gasteiger partial charge >= 0.3 is 5.97 Å². The number of carbonyl (C=O) groups is 1. The Balaban J connectivity index is 2.30. The van der Waals surface area contributed by atoms with Gasteiger partial charge < -0.3 is 5.11 Å². The topological polar surface area (TPSA) is 80.9 Å². The van der Waals surface area contributed by atoms with Gasteiger partial charge in [-0.3, -0.25) is 0 Å². The molecule has 0 aliphatic carbocycles. The number of alkyl halides is 2. The van der Waals surface area contributed by atoms with Crippen molar-refractivity contribution in [2.75, 3.05) is 0 Å². The van der Waals surface area contributed by atoms with E-state index >= 15 is 0 Å². The summed E-state index contributed by atoms with van der Waals surface area (Å²) >= 11 is 0. The first-order valence-electron chi connectivity index (χ1n) is 4.48. The fourth-order valence-electron chi connectivity index (χ4n) is 1.13. The van der Waals surface area contributed by atoms with E-state index < -0.39 is 18.1 Å². The predicted octanol–water partition coefficient (Wildman–Crippen LogP) is 1.30. The van der Waals surface area contributed by atoms with Crippen LogP contribution in [0.3, 0.4) is 0 Å². The fraction of sp³-hybridized carbons (Fsp3) is 0.111. The van der Waals surface area contributed by atoms with E-state index in [0.29, 0.717) is 0 Å². The highest BCUT2D eigenvalue weighted by molar-refractivity contribution is 5.86. The molecule has 0 aromatic carbocycles. The zero-order valence-electron chi connectivity index (χ0n) is 8.29. The molecular formula is C9H6F2N4O2. The lowest BCUT2D eigenvalue weighted by atomic mass is 10.4. The van der Waals surface area contributed by atoms with Gasteiger partial charge in [0.25, 0.3) is 6.43 Å². The maximum Gasteiger partial charge on any atom is 0.338 e. The van der Waals surface area contributed by atoms with E-state index in [-0.39, 0.29) is 11.4 Å². The molecule has 0 unspecified atom stereocenters. The molecule has 0 bridgehead atoms. The van der Waals surface area contributed by atoms with Crippen LogP contribution in [0, 0.1) is 0 Å². The minimum absolute atomic E-state index is 0.0234. The smallest absolute Gasteiger partial charge is 0.338 e. The molecule has 1 N–H and O–H groups in total. The van der Waals surface area contributed by atoms with E-state index in [4.69, 9.17) is 5.11 Å². The van der Waals surface area contributed by atoms with E-state index in [9.17, 15) is 13.6 Å². The minimum atomic E-state index is -2.69. The molecule has 0 aliphatic heterocycles. The summed E-state index contributed by atoms with van der Waals surface area (Å²) in [4.78, 5) is 10.6. The molecule has 8 heteroatoms. The van der Waals surface area contributed by atoms with Crippen molar-refractivity contribution in [1.82, 2.24) is 20.0 Å². The van der Waals surface area contributed by atoms with Crippen LogP contribution in [-0.4, -0.2) is 31.1 Å². The van der Waals surface area contributed by atoms with Crippen LogP contribution in [0.5, 0.6) is 0 Å². The van der Waals surface area contributed by atoms with Crippen LogP contribution in [0.4, 0.5) is 8.78 Å². The van der Waals surface area contributed by atoms with Gasteiger partial charge in [-0.2, -0.15) is 5.10 Å². The van der Waals surface area contributed by atoms with Gasteiger partial charge in [0.1, 0.15) is 5.69 Å². The molecule has 2 heterocycles. The van der Waals surface area contributed by atoms with Gasteiger partial charge in [-0.05, 0) is 12.1 Å². The zero-order chi connectivity index (χ0) is 12.4. The van der Waals surface area contributed by atoms with Gasteiger partial charge in [0, 0.05) is 6.20 Å². The number of aromatic nitrogens is 4. The van der Waals surface area contributed by atoms with Crippen LogP contribution in [0.25, 0.3) is 5.82 Å². The third kappa shape index (κ3) is 2.25. The Morgan fingerprint density at radius 2 is 2.12 bits per heavy atom. The molecule has 2 rings (SSSR count). The Kier molecular flexibility index (Phi) is 2.77. The molecule has 0 radical (unpaired) electrons. The van der Waals surface area contributed by atoms with Crippen molar-refractivity contribution in [1.29, 1.82) is 0 Å². The highest BCUT2D eigenvalue weighted by Crippen LogP contribution is 2.15. The van der Waals surface area contributed by atoms with Crippen LogP contribution < -0.4 is 0 Å². The molecule has 0 atom stereocenters. The molecular weight excluding hydrogens is 234 g/mol. The summed E-state index contributed by atoms with van der Waals surface area (Å²) in [5.41, 5.74) is -0.468. The molecule has 88 valence electrons. The molecule has 0 amide bonds. The molecule has 2 aromatic heterocycles. The molecule has 17 heavy (non-hydrogen) atoms. The number of hydrogen-bond acceptors (Lipinski definition) is 4. The maximum atomic E-state index is 12.2. The molecule has 0 saturated heterocycles. The summed E-state index contributed by atoms with van der Waals surface area (Å²) in [6, 6.07) is 2.39. The van der Waals surface area contributed by atoms with E-state index in [2.05, 4.69) is 15.3 Å². The number of halogens is 2. The monoisotopic (exact) mass is 240 g/mol. The Bertz CT molecular complexity index is 538. The van der Waals surface area contributed by atoms with Crippen molar-refractivity contribution in [2.45, 2.75) is 6.43 Å². The molecule has 0 fully saturated rings. The van der Waals surface area contributed by atoms with Crippen molar-refractivity contribution in [2.24, 2.45) is 0 Å². The van der Waals surface area contributed by atoms with Crippen LogP contribution in [-0.2, 0) is 0 Å². The van der Waals surface area contributed by atoms with Gasteiger partial charge in [-0.25, -0.2) is 18.3 Å². The Labute approximate surface area is 93.5 Å². The average molecular weight is 240 g/mol. The largest absolute Gasteiger partial charge is 0.478 e. The minimum Gasteiger partial charge on any atom is -0.478 e. The lowest BCUT2D eigenvalue weighted by molar-refractivity contribution is 0.0697. The number of rotatable bonds is 3. The third-order valence-electron chi connectivity index (χ3n) is 1.96. The molecule has 0 saturated carbocycles. The highest BCUT2D eigenvalue weighted by Gasteiger charge is 2.11. The molecule has 0 spiro atoms. The van der Waals surface area contributed by atoms with Crippen LogP contribution in [0.1, 0.15) is 22.5 Å². The summed E-state index contributed by atoms with van der Waals surface area (Å²) < 4.78 is 25.6. The first kappa shape index (κ1) is 11.1. The predicted molar refractivity (Wildman–Crippen MR) is 51.1 cm³/mol. The highest BCUT2D eigenvalue weighted by atomic mass is 19.3. The van der Waals surface area contributed by atoms with Crippen molar-refractivity contribution < 1.29 is 18.7 Å². The van der Waals surface area contributed by atoms with Gasteiger partial charge in [-0.15, -0.1) is 10.2 Å². The Morgan fingerprint density at radius 3 is 2.59 bits per heavy atom. The van der Waals surface area contributed by atoms with Gasteiger partial charge in [0.2, 0.25) is 0 Å². The van der Waals surface area contributed by atoms with Crippen molar-refractivity contribution in [3.05, 3.63) is 35.8 Å². The summed E-state index contributed by atoms with van der Waals surface area (Å²) in [5, 5.41) is 19.2. The standard InChI is InChI=1S/C9H6F2N4O2/c10-8(11)6-1-2-7(14-13-6)15-4-5(3-12-15)9(16)17/h1-4,8H,(H,16,17). The SMILES string of the molecule is O=C(O)c1cnn(-c2ccc(C(F)F)nn2)c1. The van der Waals surface area contributed by atoms with Crippen LogP contribution in [0.2, 0.25) is 0 Å². The van der Waals surface area contributed by atoms with E-state index in [1.165, 1.54) is 12.3 Å². The fourth-order valence-corrected chi connectivity index (χ4v) is 1.13. The second kappa shape index (κ2) is 4.24. The number of carboxylic acid groups (broad SMARTS) is 1. The number of nitrogens with zero attached hydrogens (tertiary/aromatic N) is 4. The average Bonchev–Trinajstić information content (AvgIpc) is 2.78. The first-order valence-corrected chi connectivity index (χ1v) is 4.48. The van der Waals surface area contributed by atoms with Crippen LogP contribution >= 0.6 is 0 Å². The van der Waals surface area contributed by atoms with Crippen molar-refractivity contribution in [3.63, 3.8) is 0 Å². The van der Waals surface area contributed by atoms with Crippen LogP contribution in [0.15, 0.2) is 24.5 Å². The maximum absolute atomic E-state index is 12.2. The van der Waals surface area contributed by atoms with E-state index in [0.717, 1.165) is 16.9 Å². The second-order valence-electron chi connectivity index (χ2n) is 3.10. The third-order valence-corrected chi connectivity index (χ3v) is 1.96. The lowest BCUT2D eigenvalue weighted by Gasteiger charge is -2.00. The van der Waals surface area contributed by atoms with Crippen molar-refractivity contribution in [3.8, 4) is 5.82 Å². The molecule has 6 nitrogen and oxygen atoms in total. The summed E-state index contributed by atoms with van der Waals surface area (Å²) in [6.45, 7) is 0. The normalized spacial score (nSPS) is 10.8. The van der Waals surface area contributed by atoms with E-state index in [1.807, 2.05) is 0 Å². The summed E-state index contributed by atoms with van der Waals surface area (Å²) in [7, 11) is 0. The second-order valence-corrected chi connectivity index (χ2v) is 3.10. The Hall–Kier alpha value is -2.38. The summed E-state index contributed by atoms with van der Waals surface area (Å²) in [5.74, 6) is -0.963. The van der Waals surface area contributed by atoms with Gasteiger partial charge in [0.05, 0.1) is 11.8 Å². The first-order chi connectivity index (χ1) is 8.08. The molecule has 2 aromatic rings. The summed E-state index contributed by atoms with van der Waals surface area (Å²) in [6.07, 6.45) is -0.344. The van der Waals surface area contributed by atoms with Crippen molar-refractivity contribution >= 4 is 5.97 Å². The number of aromatic carboxylic acids is 1. The quantitative estimate of drug-likeness (QED) is 0.874.